The van der Waals surface area contributed by atoms with Gasteiger partial charge in [0.25, 0.3) is 0 Å². The molecular weight excluding hydrogens is 242 g/mol. The van der Waals surface area contributed by atoms with Gasteiger partial charge in [0.2, 0.25) is 5.91 Å². The number of nitrogens with two attached hydrogens (primary N) is 1. The van der Waals surface area contributed by atoms with E-state index in [1.807, 2.05) is 18.2 Å². The zero-order valence-electron chi connectivity index (χ0n) is 11.0. The van der Waals surface area contributed by atoms with Crippen molar-refractivity contribution in [1.82, 2.24) is 5.32 Å². The maximum atomic E-state index is 12.2. The second-order valence-electron chi connectivity index (χ2n) is 5.40. The van der Waals surface area contributed by atoms with E-state index in [0.29, 0.717) is 6.54 Å². The maximum Gasteiger partial charge on any atom is 0.235 e. The highest BCUT2D eigenvalue weighted by Crippen LogP contribution is 2.44. The lowest BCUT2D eigenvalue weighted by Gasteiger charge is -2.17. The summed E-state index contributed by atoms with van der Waals surface area (Å²) in [7, 11) is 0. The van der Waals surface area contributed by atoms with Crippen LogP contribution in [-0.4, -0.2) is 23.5 Å². The number of nitrogens with one attached hydrogen (secondary N) is 1. The molecule has 1 unspecified atom stereocenters. The van der Waals surface area contributed by atoms with Crippen molar-refractivity contribution < 1.29 is 10.0 Å². The van der Waals surface area contributed by atoms with Gasteiger partial charge in [0.15, 0.2) is 5.84 Å². The van der Waals surface area contributed by atoms with E-state index < -0.39 is 5.92 Å². The van der Waals surface area contributed by atoms with Crippen molar-refractivity contribution in [2.75, 3.05) is 6.54 Å². The molecule has 1 aromatic carbocycles. The van der Waals surface area contributed by atoms with E-state index in [0.717, 1.165) is 18.4 Å². The molecular formula is C14H19N3O2. The minimum Gasteiger partial charge on any atom is -0.409 e. The van der Waals surface area contributed by atoms with E-state index in [2.05, 4.69) is 17.4 Å². The molecule has 0 bridgehead atoms. The molecule has 0 aromatic heterocycles. The first-order valence-corrected chi connectivity index (χ1v) is 6.36. The second-order valence-corrected chi connectivity index (χ2v) is 5.40. The van der Waals surface area contributed by atoms with Crippen LogP contribution in [0.5, 0.6) is 0 Å². The van der Waals surface area contributed by atoms with Crippen LogP contribution in [0.25, 0.3) is 0 Å². The monoisotopic (exact) mass is 261 g/mol. The Hall–Kier alpha value is -2.04. The first-order valence-electron chi connectivity index (χ1n) is 6.36. The molecule has 4 N–H and O–H groups in total. The van der Waals surface area contributed by atoms with Gasteiger partial charge in [-0.3, -0.25) is 4.79 Å². The zero-order chi connectivity index (χ0) is 13.9. The van der Waals surface area contributed by atoms with Crippen LogP contribution in [0.4, 0.5) is 0 Å². The van der Waals surface area contributed by atoms with Gasteiger partial charge in [-0.05, 0) is 23.8 Å². The summed E-state index contributed by atoms with van der Waals surface area (Å²) < 4.78 is 0. The van der Waals surface area contributed by atoms with Crippen LogP contribution < -0.4 is 11.1 Å². The first kappa shape index (κ1) is 13.4. The van der Waals surface area contributed by atoms with Gasteiger partial charge in [-0.2, -0.15) is 0 Å². The van der Waals surface area contributed by atoms with Crippen molar-refractivity contribution in [3.05, 3.63) is 35.9 Å². The molecule has 1 aliphatic carbocycles. The number of benzene rings is 1. The molecule has 5 heteroatoms. The van der Waals surface area contributed by atoms with Gasteiger partial charge in [0.1, 0.15) is 5.92 Å². The third kappa shape index (κ3) is 3.24. The average Bonchev–Trinajstić information content (AvgIpc) is 3.16. The molecule has 0 heterocycles. The van der Waals surface area contributed by atoms with Crippen molar-refractivity contribution in [2.45, 2.75) is 25.7 Å². The zero-order valence-corrected chi connectivity index (χ0v) is 11.0. The van der Waals surface area contributed by atoms with E-state index in [4.69, 9.17) is 10.9 Å². The van der Waals surface area contributed by atoms with Gasteiger partial charge in [-0.25, -0.2) is 0 Å². The van der Waals surface area contributed by atoms with Crippen LogP contribution in [0, 0.1) is 5.41 Å². The standard InChI is InChI=1S/C14H19N3O2/c1-14(7-8-14)9-16-13(18)11(12(15)17-19)10-5-3-2-4-6-10/h2-6,11,19H,7-9H2,1H3,(H2,15,17)(H,16,18). The van der Waals surface area contributed by atoms with E-state index >= 15 is 0 Å². The Bertz CT molecular complexity index is 481. The van der Waals surface area contributed by atoms with E-state index in [1.165, 1.54) is 0 Å². The van der Waals surface area contributed by atoms with Crippen LogP contribution in [0.1, 0.15) is 31.2 Å². The largest absolute Gasteiger partial charge is 0.409 e. The number of rotatable bonds is 5. The third-order valence-electron chi connectivity index (χ3n) is 3.60. The van der Waals surface area contributed by atoms with Gasteiger partial charge in [0.05, 0.1) is 0 Å². The summed E-state index contributed by atoms with van der Waals surface area (Å²) in [5.41, 5.74) is 6.59. The van der Waals surface area contributed by atoms with Gasteiger partial charge in [0, 0.05) is 6.54 Å². The number of carbonyl (C=O) groups is 1. The number of amidine groups is 1. The summed E-state index contributed by atoms with van der Waals surface area (Å²) in [6, 6.07) is 9.09. The Kier molecular flexibility index (Phi) is 3.74. The van der Waals surface area contributed by atoms with Crippen LogP contribution in [0.15, 0.2) is 35.5 Å². The molecule has 1 amide bonds. The number of amides is 1. The predicted octanol–water partition coefficient (Wildman–Crippen LogP) is 1.43. The molecule has 0 saturated heterocycles. The Labute approximate surface area is 112 Å². The lowest BCUT2D eigenvalue weighted by Crippen LogP contribution is -2.39. The lowest BCUT2D eigenvalue weighted by atomic mass is 9.96. The van der Waals surface area contributed by atoms with Crippen LogP contribution in [0.3, 0.4) is 0 Å². The molecule has 102 valence electrons. The highest BCUT2D eigenvalue weighted by Gasteiger charge is 2.38. The van der Waals surface area contributed by atoms with Crippen LogP contribution in [-0.2, 0) is 4.79 Å². The topological polar surface area (TPSA) is 87.7 Å². The lowest BCUT2D eigenvalue weighted by molar-refractivity contribution is -0.121. The Morgan fingerprint density at radius 2 is 2.11 bits per heavy atom. The highest BCUT2D eigenvalue weighted by molar-refractivity contribution is 6.07. The molecule has 5 nitrogen and oxygen atoms in total. The molecule has 0 radical (unpaired) electrons. The van der Waals surface area contributed by atoms with E-state index in [-0.39, 0.29) is 17.2 Å². The second kappa shape index (κ2) is 5.30. The fourth-order valence-corrected chi connectivity index (χ4v) is 1.95. The van der Waals surface area contributed by atoms with Crippen molar-refractivity contribution in [3.63, 3.8) is 0 Å². The molecule has 0 aliphatic heterocycles. The number of hydrogen-bond donors (Lipinski definition) is 3. The Balaban J connectivity index is 2.11. The fraction of sp³-hybridized carbons (Fsp3) is 0.429. The van der Waals surface area contributed by atoms with E-state index in [1.54, 1.807) is 12.1 Å². The van der Waals surface area contributed by atoms with Crippen LogP contribution in [0.2, 0.25) is 0 Å². The molecule has 0 spiro atoms. The normalized spacial score (nSPS) is 18.7. The van der Waals surface area contributed by atoms with Gasteiger partial charge in [-0.1, -0.05) is 42.4 Å². The summed E-state index contributed by atoms with van der Waals surface area (Å²) in [6.45, 7) is 2.77. The number of carbonyl (C=O) groups excluding carboxylic acids is 1. The molecule has 19 heavy (non-hydrogen) atoms. The molecule has 1 aliphatic rings. The van der Waals surface area contributed by atoms with E-state index in [9.17, 15) is 4.79 Å². The first-order chi connectivity index (χ1) is 9.06. The summed E-state index contributed by atoms with van der Waals surface area (Å²) in [6.07, 6.45) is 2.26. The number of hydrogen-bond acceptors (Lipinski definition) is 3. The summed E-state index contributed by atoms with van der Waals surface area (Å²) in [5.74, 6) is -1.06. The maximum absolute atomic E-state index is 12.2. The summed E-state index contributed by atoms with van der Waals surface area (Å²) >= 11 is 0. The predicted molar refractivity (Wildman–Crippen MR) is 72.9 cm³/mol. The van der Waals surface area contributed by atoms with Gasteiger partial charge in [-0.15, -0.1) is 0 Å². The highest BCUT2D eigenvalue weighted by atomic mass is 16.4. The molecule has 1 saturated carbocycles. The number of nitrogens with zero attached hydrogens (tertiary/aromatic N) is 1. The van der Waals surface area contributed by atoms with Gasteiger partial charge < -0.3 is 16.3 Å². The molecule has 1 atom stereocenters. The fourth-order valence-electron chi connectivity index (χ4n) is 1.95. The number of oxime groups is 1. The molecule has 2 rings (SSSR count). The average molecular weight is 261 g/mol. The summed E-state index contributed by atoms with van der Waals surface area (Å²) in [5, 5.41) is 14.7. The Morgan fingerprint density at radius 1 is 1.47 bits per heavy atom. The van der Waals surface area contributed by atoms with Gasteiger partial charge >= 0.3 is 0 Å². The van der Waals surface area contributed by atoms with Crippen LogP contribution >= 0.6 is 0 Å². The quantitative estimate of drug-likeness (QED) is 0.324. The SMILES string of the molecule is CC1(CNC(=O)C(/C(N)=N/O)c2ccccc2)CC1. The van der Waals surface area contributed by atoms with Crippen molar-refractivity contribution in [2.24, 2.45) is 16.3 Å². The minimum absolute atomic E-state index is 0.0929. The molecule has 1 aromatic rings. The Morgan fingerprint density at radius 3 is 2.63 bits per heavy atom. The molecule has 1 fully saturated rings. The van der Waals surface area contributed by atoms with Crippen molar-refractivity contribution >= 4 is 11.7 Å². The smallest absolute Gasteiger partial charge is 0.235 e. The summed E-state index contributed by atoms with van der Waals surface area (Å²) in [4.78, 5) is 12.2. The third-order valence-corrected chi connectivity index (χ3v) is 3.60. The minimum atomic E-state index is -0.742. The van der Waals surface area contributed by atoms with Crippen molar-refractivity contribution in [1.29, 1.82) is 0 Å². The van der Waals surface area contributed by atoms with Crippen molar-refractivity contribution in [3.8, 4) is 0 Å².